The Bertz CT molecular complexity index is 2510. The van der Waals surface area contributed by atoms with Gasteiger partial charge in [-0.2, -0.15) is 5.10 Å². The van der Waals surface area contributed by atoms with E-state index in [0.29, 0.717) is 10.7 Å². The lowest BCUT2D eigenvalue weighted by atomic mass is 9.77. The normalized spacial score (nSPS) is 11.9. The monoisotopic (exact) mass is 719 g/mol. The van der Waals surface area contributed by atoms with E-state index in [9.17, 15) is 8.42 Å². The molecule has 0 aliphatic heterocycles. The van der Waals surface area contributed by atoms with Crippen LogP contribution in [-0.2, 0) is 15.6 Å². The number of fused-ring (bicyclic) bond motifs is 1. The molecule has 0 N–H and O–H groups in total. The summed E-state index contributed by atoms with van der Waals surface area (Å²) >= 11 is 6.02. The number of hydrogen-bond donors (Lipinski definition) is 0. The number of sulfonamides is 1. The highest BCUT2D eigenvalue weighted by molar-refractivity contribution is 7.92. The first kappa shape index (κ1) is 33.2. The first-order valence-corrected chi connectivity index (χ1v) is 18.6. The Morgan fingerprint density at radius 3 is 1.75 bits per heavy atom. The predicted molar refractivity (Wildman–Crippen MR) is 208 cm³/mol. The summed E-state index contributed by atoms with van der Waals surface area (Å²) in [5, 5.41) is 5.77. The predicted octanol–water partition coefficient (Wildman–Crippen LogP) is 9.49. The van der Waals surface area contributed by atoms with E-state index in [1.54, 1.807) is 36.4 Å². The van der Waals surface area contributed by atoms with Crippen molar-refractivity contribution in [3.8, 4) is 22.4 Å². The number of pyridine rings is 1. The molecule has 0 saturated heterocycles. The number of anilines is 1. The maximum absolute atomic E-state index is 13.5. The van der Waals surface area contributed by atoms with Gasteiger partial charge in [0.25, 0.3) is 10.0 Å². The van der Waals surface area contributed by atoms with Gasteiger partial charge in [0.1, 0.15) is 11.2 Å². The van der Waals surface area contributed by atoms with Crippen LogP contribution < -0.4 is 4.31 Å². The summed E-state index contributed by atoms with van der Waals surface area (Å²) in [6.45, 7) is 2.04. The number of nitrogens with zero attached hydrogens (tertiary/aromatic N) is 5. The standard InChI is InChI=1S/C43H34ClN5O2S/c1-31-40(30-49(46-31)43(34-12-6-3-7-13-34,35-14-8-4-9-15-35)36-16-10-5-11-17-36)33-20-27-42-45-28-41(48(42)29-33)32-18-25-39(26-19-32)52(50,51)47(2)38-23-21-37(44)22-24-38/h3-30H,1-2H3. The average Bonchev–Trinajstić information content (AvgIpc) is 3.80. The fraction of sp³-hybridized carbons (Fsp3) is 0.0698. The van der Waals surface area contributed by atoms with Crippen molar-refractivity contribution < 1.29 is 8.42 Å². The Morgan fingerprint density at radius 2 is 1.19 bits per heavy atom. The van der Waals surface area contributed by atoms with Crippen molar-refractivity contribution in [2.45, 2.75) is 17.4 Å². The molecule has 9 heteroatoms. The fourth-order valence-electron chi connectivity index (χ4n) is 6.95. The molecule has 8 rings (SSSR count). The molecular formula is C43H34ClN5O2S. The third-order valence-corrected chi connectivity index (χ3v) is 11.7. The summed E-state index contributed by atoms with van der Waals surface area (Å²) in [6.07, 6.45) is 6.02. The molecule has 5 aromatic carbocycles. The van der Waals surface area contributed by atoms with Gasteiger partial charge >= 0.3 is 0 Å². The van der Waals surface area contributed by atoms with Gasteiger partial charge < -0.3 is 0 Å². The SMILES string of the molecule is Cc1nn(C(c2ccccc2)(c2ccccc2)c2ccccc2)cc1-c1ccc2ncc(-c3ccc(S(=O)(=O)N(C)c4ccc(Cl)cc4)cc3)n2c1. The molecule has 0 aliphatic rings. The maximum atomic E-state index is 13.5. The molecule has 0 atom stereocenters. The summed E-state index contributed by atoms with van der Waals surface area (Å²) in [5.41, 5.74) is 8.36. The number of benzene rings is 5. The third-order valence-electron chi connectivity index (χ3n) is 9.63. The van der Waals surface area contributed by atoms with Crippen molar-refractivity contribution in [3.05, 3.63) is 198 Å². The van der Waals surface area contributed by atoms with E-state index in [0.717, 1.165) is 50.4 Å². The van der Waals surface area contributed by atoms with E-state index in [4.69, 9.17) is 16.7 Å². The van der Waals surface area contributed by atoms with Gasteiger partial charge in [0.2, 0.25) is 0 Å². The highest BCUT2D eigenvalue weighted by atomic mass is 35.5. The van der Waals surface area contributed by atoms with Gasteiger partial charge in [-0.05, 0) is 72.1 Å². The van der Waals surface area contributed by atoms with E-state index in [-0.39, 0.29) is 4.90 Å². The van der Waals surface area contributed by atoms with Crippen LogP contribution in [0, 0.1) is 6.92 Å². The van der Waals surface area contributed by atoms with Crippen LogP contribution in [0.2, 0.25) is 5.02 Å². The number of aromatic nitrogens is 4. The second kappa shape index (κ2) is 13.3. The minimum absolute atomic E-state index is 0.185. The van der Waals surface area contributed by atoms with Crippen LogP contribution in [0.3, 0.4) is 0 Å². The van der Waals surface area contributed by atoms with Gasteiger partial charge in [-0.25, -0.2) is 13.4 Å². The van der Waals surface area contributed by atoms with Crippen LogP contribution in [0.15, 0.2) is 175 Å². The molecule has 52 heavy (non-hydrogen) atoms. The fourth-order valence-corrected chi connectivity index (χ4v) is 8.27. The molecule has 3 aromatic heterocycles. The Kier molecular flexibility index (Phi) is 8.49. The Hall–Kier alpha value is -5.96. The molecule has 3 heterocycles. The molecule has 0 radical (unpaired) electrons. The molecule has 0 bridgehead atoms. The summed E-state index contributed by atoms with van der Waals surface area (Å²) in [7, 11) is -2.26. The molecule has 0 unspecified atom stereocenters. The van der Waals surface area contributed by atoms with Gasteiger partial charge in [-0.3, -0.25) is 13.4 Å². The van der Waals surface area contributed by atoms with E-state index >= 15 is 0 Å². The molecule has 8 aromatic rings. The van der Waals surface area contributed by atoms with Crippen molar-refractivity contribution >= 4 is 33.0 Å². The molecule has 7 nitrogen and oxygen atoms in total. The van der Waals surface area contributed by atoms with Gasteiger partial charge in [0.05, 0.1) is 28.2 Å². The van der Waals surface area contributed by atoms with E-state index < -0.39 is 15.6 Å². The van der Waals surface area contributed by atoms with Crippen LogP contribution in [0.25, 0.3) is 28.0 Å². The number of imidazole rings is 1. The van der Waals surface area contributed by atoms with Crippen LogP contribution in [0.5, 0.6) is 0 Å². The zero-order valence-electron chi connectivity index (χ0n) is 28.5. The molecule has 0 fully saturated rings. The van der Waals surface area contributed by atoms with Gasteiger partial charge in [0, 0.05) is 41.2 Å². The summed E-state index contributed by atoms with van der Waals surface area (Å²) < 4.78 is 32.3. The van der Waals surface area contributed by atoms with E-state index in [2.05, 4.69) is 101 Å². The summed E-state index contributed by atoms with van der Waals surface area (Å²) in [5.74, 6) is 0. The zero-order valence-corrected chi connectivity index (χ0v) is 30.1. The van der Waals surface area contributed by atoms with Gasteiger partial charge in [-0.15, -0.1) is 0 Å². The Balaban J connectivity index is 1.20. The largest absolute Gasteiger partial charge is 0.299 e. The number of aryl methyl sites for hydroxylation is 1. The minimum Gasteiger partial charge on any atom is -0.299 e. The van der Waals surface area contributed by atoms with Gasteiger partial charge in [0.15, 0.2) is 0 Å². The van der Waals surface area contributed by atoms with Crippen LogP contribution in [0.4, 0.5) is 5.69 Å². The summed E-state index contributed by atoms with van der Waals surface area (Å²) in [4.78, 5) is 4.85. The second-order valence-electron chi connectivity index (χ2n) is 12.6. The van der Waals surface area contributed by atoms with Crippen LogP contribution in [-0.4, -0.2) is 34.6 Å². The smallest absolute Gasteiger partial charge is 0.264 e. The van der Waals surface area contributed by atoms with Crippen LogP contribution >= 0.6 is 11.6 Å². The highest BCUT2D eigenvalue weighted by Crippen LogP contribution is 2.42. The highest BCUT2D eigenvalue weighted by Gasteiger charge is 2.39. The lowest BCUT2D eigenvalue weighted by Gasteiger charge is -2.36. The Labute approximate surface area is 308 Å². The van der Waals surface area contributed by atoms with Crippen molar-refractivity contribution in [1.29, 1.82) is 0 Å². The van der Waals surface area contributed by atoms with Crippen molar-refractivity contribution in [2.75, 3.05) is 11.4 Å². The van der Waals surface area contributed by atoms with Crippen molar-refractivity contribution in [2.24, 2.45) is 0 Å². The number of hydrogen-bond acceptors (Lipinski definition) is 4. The lowest BCUT2D eigenvalue weighted by molar-refractivity contribution is 0.458. The first-order chi connectivity index (χ1) is 25.3. The number of halogens is 1. The zero-order chi connectivity index (χ0) is 35.9. The quantitative estimate of drug-likeness (QED) is 0.139. The van der Waals surface area contributed by atoms with E-state index in [1.165, 1.54) is 11.4 Å². The van der Waals surface area contributed by atoms with Gasteiger partial charge in [-0.1, -0.05) is 115 Å². The molecule has 0 spiro atoms. The second-order valence-corrected chi connectivity index (χ2v) is 15.0. The van der Waals surface area contributed by atoms with Crippen molar-refractivity contribution in [1.82, 2.24) is 19.2 Å². The third kappa shape index (κ3) is 5.66. The van der Waals surface area contributed by atoms with Crippen molar-refractivity contribution in [3.63, 3.8) is 0 Å². The maximum Gasteiger partial charge on any atom is 0.264 e. The Morgan fingerprint density at radius 1 is 0.654 bits per heavy atom. The molecule has 0 saturated carbocycles. The minimum atomic E-state index is -3.79. The number of rotatable bonds is 9. The first-order valence-electron chi connectivity index (χ1n) is 16.8. The van der Waals surface area contributed by atoms with E-state index in [1.807, 2.05) is 53.9 Å². The van der Waals surface area contributed by atoms with Crippen LogP contribution in [0.1, 0.15) is 22.4 Å². The average molecular weight is 720 g/mol. The topological polar surface area (TPSA) is 72.5 Å². The lowest BCUT2D eigenvalue weighted by Crippen LogP contribution is -2.38. The molecule has 0 amide bonds. The molecule has 256 valence electrons. The summed E-state index contributed by atoms with van der Waals surface area (Å²) in [6, 6.07) is 49.1. The molecular weight excluding hydrogens is 686 g/mol. The molecule has 0 aliphatic carbocycles.